The van der Waals surface area contributed by atoms with Crippen LogP contribution >= 0.6 is 0 Å². The Labute approximate surface area is 187 Å². The number of benzene rings is 2. The van der Waals surface area contributed by atoms with Crippen LogP contribution in [0.25, 0.3) is 0 Å². The Morgan fingerprint density at radius 3 is 1.94 bits per heavy atom. The van der Waals surface area contributed by atoms with Crippen LogP contribution in [0.5, 0.6) is 17.2 Å². The molecule has 2 N–H and O–H groups in total. The maximum absolute atomic E-state index is 11.7. The van der Waals surface area contributed by atoms with Crippen molar-refractivity contribution >= 4 is 10.1 Å². The lowest BCUT2D eigenvalue weighted by atomic mass is 10.0. The van der Waals surface area contributed by atoms with Gasteiger partial charge in [-0.15, -0.1) is 0 Å². The molecule has 31 heavy (non-hydrogen) atoms. The van der Waals surface area contributed by atoms with Crippen molar-refractivity contribution in [3.8, 4) is 17.2 Å². The van der Waals surface area contributed by atoms with Gasteiger partial charge in [-0.1, -0.05) is 89.3 Å². The normalized spacial score (nSPS) is 11.5. The minimum atomic E-state index is -4.44. The maximum atomic E-state index is 11.7. The highest BCUT2D eigenvalue weighted by molar-refractivity contribution is 7.86. The predicted molar refractivity (Wildman–Crippen MR) is 125 cm³/mol. The van der Waals surface area contributed by atoms with E-state index in [4.69, 9.17) is 4.74 Å². The number of phenolic OH excluding ortho intramolecular Hbond substituents is 1. The minimum Gasteiger partial charge on any atom is -0.504 e. The number of unbranched alkanes of at least 4 members (excludes halogenated alkanes) is 10. The molecule has 0 saturated heterocycles. The Bertz CT molecular complexity index is 893. The summed E-state index contributed by atoms with van der Waals surface area (Å²) in [5.74, 6) is 0.0587. The summed E-state index contributed by atoms with van der Waals surface area (Å²) < 4.78 is 38.6. The van der Waals surface area contributed by atoms with Gasteiger partial charge in [-0.25, -0.2) is 0 Å². The number of hydrogen-bond donors (Lipinski definition) is 2. The summed E-state index contributed by atoms with van der Waals surface area (Å²) in [7, 11) is -4.44. The average molecular weight is 449 g/mol. The Kier molecular flexibility index (Phi) is 10.9. The molecule has 5 nitrogen and oxygen atoms in total. The van der Waals surface area contributed by atoms with Crippen LogP contribution in [0.1, 0.15) is 83.1 Å². The lowest BCUT2D eigenvalue weighted by molar-refractivity contribution is 0.402. The number of phenols is 1. The van der Waals surface area contributed by atoms with E-state index in [0.717, 1.165) is 24.8 Å². The second kappa shape index (κ2) is 13.4. The molecule has 0 radical (unpaired) electrons. The first-order valence-corrected chi connectivity index (χ1v) is 12.9. The van der Waals surface area contributed by atoms with Gasteiger partial charge in [-0.2, -0.15) is 8.42 Å². The molecule has 0 saturated carbocycles. The van der Waals surface area contributed by atoms with E-state index in [1.165, 1.54) is 69.9 Å². The Morgan fingerprint density at radius 2 is 1.35 bits per heavy atom. The van der Waals surface area contributed by atoms with Crippen molar-refractivity contribution in [2.24, 2.45) is 0 Å². The van der Waals surface area contributed by atoms with Gasteiger partial charge in [0, 0.05) is 0 Å². The lowest BCUT2D eigenvalue weighted by Gasteiger charge is -2.12. The number of aromatic hydroxyl groups is 1. The summed E-state index contributed by atoms with van der Waals surface area (Å²) in [6.07, 6.45) is 14.8. The molecule has 2 aromatic carbocycles. The molecule has 0 amide bonds. The zero-order valence-electron chi connectivity index (χ0n) is 18.6. The van der Waals surface area contributed by atoms with Crippen LogP contribution in [0.2, 0.25) is 0 Å². The quantitative estimate of drug-likeness (QED) is 0.221. The summed E-state index contributed by atoms with van der Waals surface area (Å²) in [4.78, 5) is -0.307. The Hall–Kier alpha value is -2.05. The van der Waals surface area contributed by atoms with Gasteiger partial charge in [0.25, 0.3) is 10.1 Å². The van der Waals surface area contributed by atoms with Crippen molar-refractivity contribution in [1.82, 2.24) is 0 Å². The lowest BCUT2D eigenvalue weighted by Crippen LogP contribution is -2.02. The molecule has 0 aliphatic heterocycles. The SMILES string of the molecule is CCCCCCCCCCCCCc1ccc(S(=O)(=O)O)c(Oc2ccccc2O)c1. The van der Waals surface area contributed by atoms with E-state index in [1.54, 1.807) is 30.3 Å². The molecule has 2 rings (SSSR count). The molecule has 0 aromatic heterocycles. The molecule has 0 atom stereocenters. The summed E-state index contributed by atoms with van der Waals surface area (Å²) in [6, 6.07) is 11.0. The molecule has 172 valence electrons. The van der Waals surface area contributed by atoms with Crippen LogP contribution in [0.15, 0.2) is 47.4 Å². The first kappa shape index (κ1) is 25.2. The van der Waals surface area contributed by atoms with Crippen LogP contribution < -0.4 is 4.74 Å². The third-order valence-corrected chi connectivity index (χ3v) is 6.33. The monoisotopic (exact) mass is 448 g/mol. The topological polar surface area (TPSA) is 83.8 Å². The van der Waals surface area contributed by atoms with Gasteiger partial charge in [0.15, 0.2) is 11.5 Å². The zero-order valence-corrected chi connectivity index (χ0v) is 19.4. The smallest absolute Gasteiger partial charge is 0.298 e. The Balaban J connectivity index is 1.82. The summed E-state index contributed by atoms with van der Waals surface area (Å²) in [5.41, 5.74) is 0.939. The fourth-order valence-corrected chi connectivity index (χ4v) is 4.25. The van der Waals surface area contributed by atoms with E-state index in [-0.39, 0.29) is 22.1 Å². The van der Waals surface area contributed by atoms with E-state index in [2.05, 4.69) is 6.92 Å². The largest absolute Gasteiger partial charge is 0.504 e. The molecule has 6 heteroatoms. The van der Waals surface area contributed by atoms with Crippen molar-refractivity contribution in [2.75, 3.05) is 0 Å². The standard InChI is InChI=1S/C25H36O5S/c1-2-3-4-5-6-7-8-9-10-11-12-15-21-18-19-25(31(27,28)29)24(20-21)30-23-17-14-13-16-22(23)26/h13-14,16-20,26H,2-12,15H2,1H3,(H,27,28,29). The fourth-order valence-electron chi connectivity index (χ4n) is 3.66. The molecular weight excluding hydrogens is 412 g/mol. The van der Waals surface area contributed by atoms with Crippen molar-refractivity contribution in [1.29, 1.82) is 0 Å². The number of para-hydroxylation sites is 2. The predicted octanol–water partition coefficient (Wildman–Crippen LogP) is 7.28. The maximum Gasteiger partial charge on any atom is 0.298 e. The number of rotatable bonds is 15. The van der Waals surface area contributed by atoms with Gasteiger partial charge in [-0.3, -0.25) is 4.55 Å². The third kappa shape index (κ3) is 9.32. The highest BCUT2D eigenvalue weighted by atomic mass is 32.2. The molecule has 0 fully saturated rings. The van der Waals surface area contributed by atoms with Gasteiger partial charge in [0.2, 0.25) is 0 Å². The van der Waals surface area contributed by atoms with Gasteiger partial charge < -0.3 is 9.84 Å². The van der Waals surface area contributed by atoms with Crippen LogP contribution in [-0.4, -0.2) is 18.1 Å². The van der Waals surface area contributed by atoms with Crippen LogP contribution in [-0.2, 0) is 16.5 Å². The number of ether oxygens (including phenoxy) is 1. The summed E-state index contributed by atoms with van der Waals surface area (Å²) in [5, 5.41) is 9.91. The molecule has 2 aromatic rings. The highest BCUT2D eigenvalue weighted by Gasteiger charge is 2.18. The van der Waals surface area contributed by atoms with Crippen molar-refractivity contribution in [3.05, 3.63) is 48.0 Å². The van der Waals surface area contributed by atoms with E-state index in [9.17, 15) is 18.1 Å². The molecule has 0 spiro atoms. The zero-order chi connectivity index (χ0) is 22.5. The van der Waals surface area contributed by atoms with Gasteiger partial charge >= 0.3 is 0 Å². The highest BCUT2D eigenvalue weighted by Crippen LogP contribution is 2.34. The van der Waals surface area contributed by atoms with Crippen molar-refractivity contribution in [3.63, 3.8) is 0 Å². The Morgan fingerprint density at radius 1 is 0.774 bits per heavy atom. The third-order valence-electron chi connectivity index (χ3n) is 5.44. The van der Waals surface area contributed by atoms with Gasteiger partial charge in [0.05, 0.1) is 0 Å². The van der Waals surface area contributed by atoms with Crippen LogP contribution in [0.4, 0.5) is 0 Å². The van der Waals surface area contributed by atoms with Crippen molar-refractivity contribution < 1.29 is 22.8 Å². The molecule has 0 aliphatic carbocycles. The first-order chi connectivity index (χ1) is 14.9. The van der Waals surface area contributed by atoms with Gasteiger partial charge in [0.1, 0.15) is 10.6 Å². The van der Waals surface area contributed by atoms with Crippen LogP contribution in [0.3, 0.4) is 0 Å². The van der Waals surface area contributed by atoms with E-state index in [0.29, 0.717) is 0 Å². The van der Waals surface area contributed by atoms with E-state index < -0.39 is 10.1 Å². The van der Waals surface area contributed by atoms with Crippen molar-refractivity contribution in [2.45, 2.75) is 88.9 Å². The second-order valence-corrected chi connectivity index (χ2v) is 9.50. The van der Waals surface area contributed by atoms with E-state index >= 15 is 0 Å². The first-order valence-electron chi connectivity index (χ1n) is 11.5. The second-order valence-electron chi connectivity index (χ2n) is 8.11. The number of hydrogen-bond acceptors (Lipinski definition) is 4. The molecular formula is C25H36O5S. The van der Waals surface area contributed by atoms with E-state index in [1.807, 2.05) is 0 Å². The van der Waals surface area contributed by atoms with Crippen LogP contribution in [0, 0.1) is 0 Å². The minimum absolute atomic E-state index is 0.0181. The average Bonchev–Trinajstić information content (AvgIpc) is 2.73. The fraction of sp³-hybridized carbons (Fsp3) is 0.520. The molecule has 0 aliphatic rings. The molecule has 0 unspecified atom stereocenters. The summed E-state index contributed by atoms with van der Waals surface area (Å²) in [6.45, 7) is 2.24. The molecule has 0 bridgehead atoms. The number of aryl methyl sites for hydroxylation is 1. The summed E-state index contributed by atoms with van der Waals surface area (Å²) >= 11 is 0. The molecule has 0 heterocycles. The van der Waals surface area contributed by atoms with Gasteiger partial charge in [-0.05, 0) is 42.7 Å².